The standard InChI is InChI=1S/C23H23N5OS2/c1-26-7-9-27(10-8-26)14-16-3-2-4-18(11-16)19-13-24-21-6-5-17(15-28(19)21)12-20-22(29)25-23(30)31-20/h2-6,11-13,15H,7-10,14H2,1H3,(H,25,29,30). The fraction of sp³-hybridized carbons (Fsp3) is 0.261. The molecule has 2 aliphatic heterocycles. The van der Waals surface area contributed by atoms with Gasteiger partial charge in [-0.1, -0.05) is 42.2 Å². The summed E-state index contributed by atoms with van der Waals surface area (Å²) in [5, 5.41) is 2.66. The molecule has 31 heavy (non-hydrogen) atoms. The average Bonchev–Trinajstić information content (AvgIpc) is 3.32. The molecule has 0 saturated carbocycles. The molecule has 158 valence electrons. The number of amides is 1. The van der Waals surface area contributed by atoms with Crippen molar-refractivity contribution in [2.45, 2.75) is 6.54 Å². The van der Waals surface area contributed by atoms with E-state index in [1.165, 1.54) is 17.3 Å². The Kier molecular flexibility index (Phi) is 5.62. The van der Waals surface area contributed by atoms with Gasteiger partial charge in [-0.15, -0.1) is 0 Å². The molecule has 8 heteroatoms. The van der Waals surface area contributed by atoms with Crippen LogP contribution in [0.25, 0.3) is 23.0 Å². The van der Waals surface area contributed by atoms with Gasteiger partial charge in [-0.05, 0) is 42.4 Å². The third-order valence-corrected chi connectivity index (χ3v) is 6.86. The molecular formula is C23H23N5OS2. The van der Waals surface area contributed by atoms with Gasteiger partial charge < -0.3 is 10.2 Å². The van der Waals surface area contributed by atoms with E-state index in [1.807, 2.05) is 30.6 Å². The van der Waals surface area contributed by atoms with Crippen molar-refractivity contribution in [1.29, 1.82) is 0 Å². The van der Waals surface area contributed by atoms with Crippen LogP contribution in [-0.2, 0) is 11.3 Å². The molecule has 0 radical (unpaired) electrons. The van der Waals surface area contributed by atoms with Crippen LogP contribution >= 0.6 is 24.0 Å². The summed E-state index contributed by atoms with van der Waals surface area (Å²) in [6.45, 7) is 5.40. The summed E-state index contributed by atoms with van der Waals surface area (Å²) in [5.41, 5.74) is 5.29. The Hall–Kier alpha value is -2.52. The lowest BCUT2D eigenvalue weighted by Gasteiger charge is -2.32. The molecular weight excluding hydrogens is 426 g/mol. The first-order chi connectivity index (χ1) is 15.0. The number of piperazine rings is 1. The molecule has 5 rings (SSSR count). The van der Waals surface area contributed by atoms with Gasteiger partial charge in [-0.2, -0.15) is 0 Å². The van der Waals surface area contributed by atoms with E-state index in [0.29, 0.717) is 9.23 Å². The molecule has 1 amide bonds. The number of carbonyl (C=O) groups excluding carboxylic acids is 1. The number of thiocarbonyl (C=S) groups is 1. The van der Waals surface area contributed by atoms with Gasteiger partial charge in [0.25, 0.3) is 5.91 Å². The lowest BCUT2D eigenvalue weighted by atomic mass is 10.1. The van der Waals surface area contributed by atoms with Crippen LogP contribution in [-0.4, -0.2) is 62.6 Å². The molecule has 0 aliphatic carbocycles. The Bertz CT molecular complexity index is 1190. The van der Waals surface area contributed by atoms with Crippen LogP contribution in [0.15, 0.2) is 53.7 Å². The minimum Gasteiger partial charge on any atom is -0.307 e. The van der Waals surface area contributed by atoms with Gasteiger partial charge in [-0.25, -0.2) is 4.98 Å². The Morgan fingerprint density at radius 3 is 2.81 bits per heavy atom. The Morgan fingerprint density at radius 1 is 1.19 bits per heavy atom. The van der Waals surface area contributed by atoms with Crippen molar-refractivity contribution in [3.05, 3.63) is 64.8 Å². The summed E-state index contributed by atoms with van der Waals surface area (Å²) < 4.78 is 2.58. The normalized spacial score (nSPS) is 19.5. The zero-order chi connectivity index (χ0) is 21.4. The first-order valence-electron chi connectivity index (χ1n) is 10.3. The molecule has 1 aromatic carbocycles. The topological polar surface area (TPSA) is 52.9 Å². The second kappa shape index (κ2) is 8.55. The van der Waals surface area contributed by atoms with Crippen LogP contribution < -0.4 is 5.32 Å². The number of fused-ring (bicyclic) bond motifs is 1. The minimum atomic E-state index is -0.141. The lowest BCUT2D eigenvalue weighted by molar-refractivity contribution is -0.115. The van der Waals surface area contributed by atoms with E-state index in [9.17, 15) is 4.79 Å². The van der Waals surface area contributed by atoms with Gasteiger partial charge in [-0.3, -0.25) is 14.1 Å². The van der Waals surface area contributed by atoms with Crippen molar-refractivity contribution in [2.24, 2.45) is 0 Å². The maximum atomic E-state index is 12.0. The summed E-state index contributed by atoms with van der Waals surface area (Å²) in [7, 11) is 2.18. The maximum Gasteiger partial charge on any atom is 0.263 e. The fourth-order valence-electron chi connectivity index (χ4n) is 3.96. The van der Waals surface area contributed by atoms with E-state index in [1.54, 1.807) is 0 Å². The molecule has 1 N–H and O–H groups in total. The molecule has 3 aromatic rings. The van der Waals surface area contributed by atoms with Crippen molar-refractivity contribution >= 4 is 45.9 Å². The number of hydrogen-bond donors (Lipinski definition) is 1. The van der Waals surface area contributed by atoms with E-state index in [-0.39, 0.29) is 5.91 Å². The molecule has 6 nitrogen and oxygen atoms in total. The number of rotatable bonds is 4. The number of pyridine rings is 1. The summed E-state index contributed by atoms with van der Waals surface area (Å²) in [5.74, 6) is -0.141. The molecule has 2 saturated heterocycles. The minimum absolute atomic E-state index is 0.141. The van der Waals surface area contributed by atoms with Crippen LogP contribution in [0, 0.1) is 0 Å². The van der Waals surface area contributed by atoms with Crippen LogP contribution in [0.2, 0.25) is 0 Å². The largest absolute Gasteiger partial charge is 0.307 e. The Morgan fingerprint density at radius 2 is 2.03 bits per heavy atom. The van der Waals surface area contributed by atoms with Crippen LogP contribution in [0.5, 0.6) is 0 Å². The third kappa shape index (κ3) is 4.43. The molecule has 0 bridgehead atoms. The third-order valence-electron chi connectivity index (χ3n) is 5.69. The van der Waals surface area contributed by atoms with E-state index in [2.05, 4.69) is 55.8 Å². The smallest absolute Gasteiger partial charge is 0.263 e. The molecule has 2 aromatic heterocycles. The summed E-state index contributed by atoms with van der Waals surface area (Å²) in [6, 6.07) is 12.6. The first-order valence-corrected chi connectivity index (χ1v) is 11.5. The highest BCUT2D eigenvalue weighted by Crippen LogP contribution is 2.27. The number of nitrogens with zero attached hydrogens (tertiary/aromatic N) is 4. The van der Waals surface area contributed by atoms with Crippen molar-refractivity contribution in [3.63, 3.8) is 0 Å². The summed E-state index contributed by atoms with van der Waals surface area (Å²) >= 11 is 6.38. The zero-order valence-electron chi connectivity index (χ0n) is 17.2. The van der Waals surface area contributed by atoms with E-state index in [0.717, 1.165) is 55.2 Å². The molecule has 4 heterocycles. The van der Waals surface area contributed by atoms with Crippen LogP contribution in [0.4, 0.5) is 0 Å². The van der Waals surface area contributed by atoms with Gasteiger partial charge in [0.15, 0.2) is 0 Å². The summed E-state index contributed by atoms with van der Waals surface area (Å²) in [4.78, 5) is 22.1. The van der Waals surface area contributed by atoms with Crippen LogP contribution in [0.1, 0.15) is 11.1 Å². The highest BCUT2D eigenvalue weighted by molar-refractivity contribution is 8.26. The molecule has 0 unspecified atom stereocenters. The quantitative estimate of drug-likeness (QED) is 0.488. The van der Waals surface area contributed by atoms with E-state index in [4.69, 9.17) is 12.2 Å². The number of thioether (sulfide) groups is 1. The number of carbonyl (C=O) groups is 1. The van der Waals surface area contributed by atoms with Crippen molar-refractivity contribution < 1.29 is 4.79 Å². The predicted octanol–water partition coefficient (Wildman–Crippen LogP) is 3.24. The SMILES string of the molecule is CN1CCN(Cc2cccc(-c3cnc4ccc(C=C5SC(=S)NC5=O)cn34)c2)CC1. The van der Waals surface area contributed by atoms with Gasteiger partial charge in [0.05, 0.1) is 16.8 Å². The summed E-state index contributed by atoms with van der Waals surface area (Å²) in [6.07, 6.45) is 5.80. The number of nitrogens with one attached hydrogen (secondary N) is 1. The second-order valence-electron chi connectivity index (χ2n) is 7.97. The fourth-order valence-corrected chi connectivity index (χ4v) is 5.01. The highest BCUT2D eigenvalue weighted by Gasteiger charge is 2.22. The van der Waals surface area contributed by atoms with Crippen molar-refractivity contribution in [1.82, 2.24) is 24.5 Å². The Labute approximate surface area is 190 Å². The van der Waals surface area contributed by atoms with Gasteiger partial charge in [0.1, 0.15) is 9.97 Å². The average molecular weight is 450 g/mol. The van der Waals surface area contributed by atoms with Crippen LogP contribution in [0.3, 0.4) is 0 Å². The maximum absolute atomic E-state index is 12.0. The Balaban J connectivity index is 1.43. The number of benzene rings is 1. The molecule has 2 aliphatic rings. The van der Waals surface area contributed by atoms with Gasteiger partial charge in [0.2, 0.25) is 0 Å². The van der Waals surface area contributed by atoms with Crippen molar-refractivity contribution in [3.8, 4) is 11.3 Å². The first kappa shape index (κ1) is 20.4. The number of aromatic nitrogens is 2. The number of imidazole rings is 1. The number of hydrogen-bond acceptors (Lipinski definition) is 6. The predicted molar refractivity (Wildman–Crippen MR) is 130 cm³/mol. The van der Waals surface area contributed by atoms with E-state index >= 15 is 0 Å². The highest BCUT2D eigenvalue weighted by atomic mass is 32.2. The molecule has 2 fully saturated rings. The van der Waals surface area contributed by atoms with Gasteiger partial charge in [0, 0.05) is 44.5 Å². The van der Waals surface area contributed by atoms with Gasteiger partial charge >= 0.3 is 0 Å². The number of likely N-dealkylation sites (N-methyl/N-ethyl adjacent to an activating group) is 1. The monoisotopic (exact) mass is 449 g/mol. The lowest BCUT2D eigenvalue weighted by Crippen LogP contribution is -2.43. The van der Waals surface area contributed by atoms with E-state index < -0.39 is 0 Å². The molecule has 0 atom stereocenters. The second-order valence-corrected chi connectivity index (χ2v) is 9.68. The molecule has 0 spiro atoms. The van der Waals surface area contributed by atoms with Crippen molar-refractivity contribution in [2.75, 3.05) is 33.2 Å². The zero-order valence-corrected chi connectivity index (χ0v) is 18.9.